The number of halogens is 1. The quantitative estimate of drug-likeness (QED) is 0.740. The maximum Gasteiger partial charge on any atom is 0.107 e. The Morgan fingerprint density at radius 1 is 1.47 bits per heavy atom. The molecule has 2 rings (SSSR count). The van der Waals surface area contributed by atoms with Gasteiger partial charge in [0.15, 0.2) is 0 Å². The summed E-state index contributed by atoms with van der Waals surface area (Å²) in [6, 6.07) is 0.743. The van der Waals surface area contributed by atoms with Gasteiger partial charge in [0, 0.05) is 30.0 Å². The second-order valence-electron chi connectivity index (χ2n) is 4.02. The Labute approximate surface area is 100 Å². The zero-order valence-corrected chi connectivity index (χ0v) is 10.4. The summed E-state index contributed by atoms with van der Waals surface area (Å²) >= 11 is 7.60. The predicted octanol–water partition coefficient (Wildman–Crippen LogP) is 3.13. The fourth-order valence-corrected chi connectivity index (χ4v) is 3.13. The summed E-state index contributed by atoms with van der Waals surface area (Å²) in [6.07, 6.45) is 7.31. The van der Waals surface area contributed by atoms with E-state index in [0.29, 0.717) is 0 Å². The summed E-state index contributed by atoms with van der Waals surface area (Å²) in [6.45, 7) is 1.97. The van der Waals surface area contributed by atoms with Crippen molar-refractivity contribution >= 4 is 22.9 Å². The van der Waals surface area contributed by atoms with Crippen LogP contribution >= 0.6 is 22.9 Å². The molecule has 1 aliphatic carbocycles. The third-order valence-corrected chi connectivity index (χ3v) is 3.97. The Hall–Kier alpha value is -0.120. The van der Waals surface area contributed by atoms with E-state index in [2.05, 4.69) is 9.88 Å². The minimum Gasteiger partial charge on any atom is -0.293 e. The molecule has 1 fully saturated rings. The molecule has 0 aliphatic heterocycles. The van der Waals surface area contributed by atoms with Crippen LogP contribution in [0.25, 0.3) is 0 Å². The van der Waals surface area contributed by atoms with Crippen molar-refractivity contribution in [3.8, 4) is 0 Å². The lowest BCUT2D eigenvalue weighted by atomic mass is 10.2. The van der Waals surface area contributed by atoms with Gasteiger partial charge in [-0.2, -0.15) is 0 Å². The van der Waals surface area contributed by atoms with Gasteiger partial charge in [-0.05, 0) is 12.8 Å². The lowest BCUT2D eigenvalue weighted by molar-refractivity contribution is 0.201. The number of thiazole rings is 1. The van der Waals surface area contributed by atoms with Crippen LogP contribution in [0.3, 0.4) is 0 Å². The summed E-state index contributed by atoms with van der Waals surface area (Å²) in [5, 5.41) is 3.26. The molecule has 84 valence electrons. The molecule has 1 aromatic rings. The Morgan fingerprint density at radius 2 is 2.27 bits per heavy atom. The molecule has 1 saturated carbocycles. The number of rotatable bonds is 5. The molecule has 0 aromatic carbocycles. The molecule has 15 heavy (non-hydrogen) atoms. The Balaban J connectivity index is 1.93. The van der Waals surface area contributed by atoms with E-state index in [4.69, 9.17) is 11.6 Å². The molecule has 0 N–H and O–H groups in total. The molecule has 1 heterocycles. The monoisotopic (exact) mass is 244 g/mol. The van der Waals surface area contributed by atoms with Gasteiger partial charge in [0.2, 0.25) is 0 Å². The van der Waals surface area contributed by atoms with E-state index in [1.165, 1.54) is 30.7 Å². The van der Waals surface area contributed by atoms with Crippen molar-refractivity contribution in [3.05, 3.63) is 16.6 Å². The van der Waals surface area contributed by atoms with Crippen molar-refractivity contribution in [1.82, 2.24) is 9.88 Å². The Bertz CT molecular complexity index is 270. The molecule has 0 spiro atoms. The fraction of sp³-hybridized carbons (Fsp3) is 0.727. The Morgan fingerprint density at radius 3 is 2.87 bits per heavy atom. The van der Waals surface area contributed by atoms with Gasteiger partial charge in [0.25, 0.3) is 0 Å². The molecular formula is C11H17ClN2S. The zero-order valence-electron chi connectivity index (χ0n) is 8.86. The number of nitrogens with zero attached hydrogens (tertiary/aromatic N) is 2. The minimum absolute atomic E-state index is 0.724. The van der Waals surface area contributed by atoms with E-state index in [0.717, 1.165) is 25.0 Å². The van der Waals surface area contributed by atoms with Crippen LogP contribution in [-0.2, 0) is 6.54 Å². The molecule has 4 heteroatoms. The van der Waals surface area contributed by atoms with E-state index in [1.807, 2.05) is 11.6 Å². The second-order valence-corrected chi connectivity index (χ2v) is 5.38. The van der Waals surface area contributed by atoms with Gasteiger partial charge in [0.1, 0.15) is 5.01 Å². The maximum absolute atomic E-state index is 5.86. The highest BCUT2D eigenvalue weighted by Gasteiger charge is 2.22. The third kappa shape index (κ3) is 3.16. The van der Waals surface area contributed by atoms with Crippen LogP contribution in [0, 0.1) is 0 Å². The van der Waals surface area contributed by atoms with E-state index in [9.17, 15) is 0 Å². The summed E-state index contributed by atoms with van der Waals surface area (Å²) in [7, 11) is 0. The number of alkyl halides is 1. The van der Waals surface area contributed by atoms with Crippen LogP contribution in [0.1, 0.15) is 30.7 Å². The van der Waals surface area contributed by atoms with Crippen LogP contribution < -0.4 is 0 Å². The summed E-state index contributed by atoms with van der Waals surface area (Å²) in [5.74, 6) is 0.724. The molecule has 0 saturated heterocycles. The largest absolute Gasteiger partial charge is 0.293 e. The molecular weight excluding hydrogens is 228 g/mol. The highest BCUT2D eigenvalue weighted by Crippen LogP contribution is 2.25. The van der Waals surface area contributed by atoms with E-state index in [1.54, 1.807) is 11.3 Å². The van der Waals surface area contributed by atoms with Gasteiger partial charge in [-0.15, -0.1) is 22.9 Å². The van der Waals surface area contributed by atoms with Crippen molar-refractivity contribution in [3.63, 3.8) is 0 Å². The van der Waals surface area contributed by atoms with E-state index in [-0.39, 0.29) is 0 Å². The third-order valence-electron chi connectivity index (χ3n) is 3.03. The minimum atomic E-state index is 0.724. The molecule has 0 unspecified atom stereocenters. The molecule has 0 atom stereocenters. The van der Waals surface area contributed by atoms with Gasteiger partial charge >= 0.3 is 0 Å². The van der Waals surface area contributed by atoms with Gasteiger partial charge in [-0.1, -0.05) is 12.8 Å². The fourth-order valence-electron chi connectivity index (χ4n) is 2.27. The highest BCUT2D eigenvalue weighted by molar-refractivity contribution is 7.09. The van der Waals surface area contributed by atoms with Gasteiger partial charge in [-0.3, -0.25) is 4.90 Å². The van der Waals surface area contributed by atoms with E-state index < -0.39 is 0 Å². The van der Waals surface area contributed by atoms with Crippen LogP contribution in [0.15, 0.2) is 11.6 Å². The van der Waals surface area contributed by atoms with Gasteiger partial charge in [0.05, 0.1) is 6.54 Å². The molecule has 1 aromatic heterocycles. The van der Waals surface area contributed by atoms with Crippen molar-refractivity contribution in [2.75, 3.05) is 12.4 Å². The van der Waals surface area contributed by atoms with Crippen LogP contribution in [-0.4, -0.2) is 28.4 Å². The lowest BCUT2D eigenvalue weighted by Crippen LogP contribution is -2.34. The van der Waals surface area contributed by atoms with Crippen molar-refractivity contribution < 1.29 is 0 Å². The van der Waals surface area contributed by atoms with Crippen LogP contribution in [0.4, 0.5) is 0 Å². The van der Waals surface area contributed by atoms with Crippen LogP contribution in [0.2, 0.25) is 0 Å². The van der Waals surface area contributed by atoms with Crippen molar-refractivity contribution in [2.24, 2.45) is 0 Å². The van der Waals surface area contributed by atoms with Crippen LogP contribution in [0.5, 0.6) is 0 Å². The first kappa shape index (κ1) is 11.4. The smallest absolute Gasteiger partial charge is 0.107 e. The van der Waals surface area contributed by atoms with Gasteiger partial charge < -0.3 is 0 Å². The molecule has 0 radical (unpaired) electrons. The number of hydrogen-bond acceptors (Lipinski definition) is 3. The topological polar surface area (TPSA) is 16.1 Å². The lowest BCUT2D eigenvalue weighted by Gasteiger charge is -2.26. The number of aromatic nitrogens is 1. The summed E-state index contributed by atoms with van der Waals surface area (Å²) < 4.78 is 0. The van der Waals surface area contributed by atoms with E-state index >= 15 is 0 Å². The Kier molecular flexibility index (Phi) is 4.42. The van der Waals surface area contributed by atoms with Crippen molar-refractivity contribution in [1.29, 1.82) is 0 Å². The summed E-state index contributed by atoms with van der Waals surface area (Å²) in [4.78, 5) is 6.84. The standard InChI is InChI=1S/C11H17ClN2S/c12-5-7-14(10-3-1-2-4-10)9-11-13-6-8-15-11/h6,8,10H,1-5,7,9H2. The maximum atomic E-state index is 5.86. The molecule has 1 aliphatic rings. The van der Waals surface area contributed by atoms with Crippen molar-refractivity contribution in [2.45, 2.75) is 38.3 Å². The molecule has 0 bridgehead atoms. The molecule has 2 nitrogen and oxygen atoms in total. The summed E-state index contributed by atoms with van der Waals surface area (Å²) in [5.41, 5.74) is 0. The number of hydrogen-bond donors (Lipinski definition) is 0. The molecule has 0 amide bonds. The first-order valence-corrected chi connectivity index (χ1v) is 7.00. The average Bonchev–Trinajstić information content (AvgIpc) is 2.89. The predicted molar refractivity (Wildman–Crippen MR) is 65.5 cm³/mol. The SMILES string of the molecule is ClCCN(Cc1nccs1)C1CCCC1. The first-order valence-electron chi connectivity index (χ1n) is 5.58. The second kappa shape index (κ2) is 5.83. The first-order chi connectivity index (χ1) is 7.40. The highest BCUT2D eigenvalue weighted by atomic mass is 35.5. The van der Waals surface area contributed by atoms with Gasteiger partial charge in [-0.25, -0.2) is 4.98 Å². The zero-order chi connectivity index (χ0) is 10.5. The average molecular weight is 245 g/mol. The normalized spacial score (nSPS) is 17.7.